The first-order chi connectivity index (χ1) is 7.72. The lowest BCUT2D eigenvalue weighted by molar-refractivity contribution is -0.121. The monoisotopic (exact) mass is 217 g/mol. The summed E-state index contributed by atoms with van der Waals surface area (Å²) < 4.78 is 0. The maximum absolute atomic E-state index is 11.4. The van der Waals surface area contributed by atoms with Crippen LogP contribution in [-0.4, -0.2) is 12.5 Å². The first-order valence-electron chi connectivity index (χ1n) is 5.65. The lowest BCUT2D eigenvalue weighted by Gasteiger charge is -2.04. The molecule has 0 unspecified atom stereocenters. The Labute approximate surface area is 97.4 Å². The molecule has 0 aromatic heterocycles. The molecule has 0 atom stereocenters. The highest BCUT2D eigenvalue weighted by Crippen LogP contribution is 2.05. The molecule has 0 aliphatic carbocycles. The van der Waals surface area contributed by atoms with Crippen LogP contribution in [0.1, 0.15) is 24.0 Å². The van der Waals surface area contributed by atoms with Gasteiger partial charge in [-0.15, -0.1) is 6.58 Å². The molecule has 1 aromatic carbocycles. The van der Waals surface area contributed by atoms with E-state index in [9.17, 15) is 4.79 Å². The van der Waals surface area contributed by atoms with Gasteiger partial charge in [-0.05, 0) is 25.3 Å². The smallest absolute Gasteiger partial charge is 0.220 e. The van der Waals surface area contributed by atoms with Crippen LogP contribution in [0.4, 0.5) is 0 Å². The van der Waals surface area contributed by atoms with E-state index in [-0.39, 0.29) is 5.91 Å². The average molecular weight is 217 g/mol. The third-order valence-electron chi connectivity index (χ3n) is 2.43. The molecule has 86 valence electrons. The summed E-state index contributed by atoms with van der Waals surface area (Å²) in [5, 5.41) is 2.86. The summed E-state index contributed by atoms with van der Waals surface area (Å²) in [5.41, 5.74) is 2.46. The zero-order chi connectivity index (χ0) is 11.8. The van der Waals surface area contributed by atoms with Crippen molar-refractivity contribution in [3.8, 4) is 0 Å². The first-order valence-corrected chi connectivity index (χ1v) is 5.65. The van der Waals surface area contributed by atoms with E-state index in [1.165, 1.54) is 11.1 Å². The van der Waals surface area contributed by atoms with Gasteiger partial charge in [0.05, 0.1) is 0 Å². The van der Waals surface area contributed by atoms with Gasteiger partial charge in [0, 0.05) is 13.0 Å². The van der Waals surface area contributed by atoms with Crippen LogP contribution in [0.5, 0.6) is 0 Å². The Morgan fingerprint density at radius 2 is 2.06 bits per heavy atom. The highest BCUT2D eigenvalue weighted by Gasteiger charge is 2.00. The van der Waals surface area contributed by atoms with Crippen molar-refractivity contribution in [2.24, 2.45) is 0 Å². The van der Waals surface area contributed by atoms with E-state index in [1.54, 1.807) is 6.08 Å². The van der Waals surface area contributed by atoms with Gasteiger partial charge in [0.1, 0.15) is 0 Å². The van der Waals surface area contributed by atoms with Gasteiger partial charge in [-0.2, -0.15) is 0 Å². The number of nitrogens with one attached hydrogen (secondary N) is 1. The number of amides is 1. The number of hydrogen-bond donors (Lipinski definition) is 1. The van der Waals surface area contributed by atoms with Crippen molar-refractivity contribution in [3.63, 3.8) is 0 Å². The van der Waals surface area contributed by atoms with Crippen LogP contribution < -0.4 is 5.32 Å². The quantitative estimate of drug-likeness (QED) is 0.576. The van der Waals surface area contributed by atoms with Crippen molar-refractivity contribution >= 4 is 5.91 Å². The van der Waals surface area contributed by atoms with E-state index in [4.69, 9.17) is 0 Å². The zero-order valence-corrected chi connectivity index (χ0v) is 9.83. The van der Waals surface area contributed by atoms with Gasteiger partial charge in [0.25, 0.3) is 0 Å². The second-order valence-electron chi connectivity index (χ2n) is 3.91. The predicted molar refractivity (Wildman–Crippen MR) is 67.3 cm³/mol. The lowest BCUT2D eigenvalue weighted by atomic mass is 10.1. The summed E-state index contributed by atoms with van der Waals surface area (Å²) in [6, 6.07) is 8.30. The molecule has 0 aliphatic rings. The Morgan fingerprint density at radius 1 is 1.38 bits per heavy atom. The Morgan fingerprint density at radius 3 is 2.69 bits per heavy atom. The van der Waals surface area contributed by atoms with E-state index in [2.05, 4.69) is 43.1 Å². The third-order valence-corrected chi connectivity index (χ3v) is 2.43. The minimum atomic E-state index is 0.113. The summed E-state index contributed by atoms with van der Waals surface area (Å²) in [6.07, 6.45) is 4.00. The van der Waals surface area contributed by atoms with Crippen LogP contribution in [0.3, 0.4) is 0 Å². The van der Waals surface area contributed by atoms with E-state index in [0.29, 0.717) is 13.0 Å². The lowest BCUT2D eigenvalue weighted by Crippen LogP contribution is -2.24. The largest absolute Gasteiger partial charge is 0.356 e. The molecule has 0 spiro atoms. The van der Waals surface area contributed by atoms with Crippen LogP contribution >= 0.6 is 0 Å². The molecule has 0 radical (unpaired) electrons. The number of rotatable bonds is 6. The fraction of sp³-hybridized carbons (Fsp3) is 0.357. The molecule has 1 N–H and O–H groups in total. The van der Waals surface area contributed by atoms with Gasteiger partial charge in [-0.1, -0.05) is 35.9 Å². The summed E-state index contributed by atoms with van der Waals surface area (Å²) in [4.78, 5) is 11.4. The van der Waals surface area contributed by atoms with Gasteiger partial charge in [0.2, 0.25) is 5.91 Å². The maximum Gasteiger partial charge on any atom is 0.220 e. The summed E-state index contributed by atoms with van der Waals surface area (Å²) in [6.45, 7) is 6.36. The first kappa shape index (κ1) is 12.5. The number of aryl methyl sites for hydroxylation is 2. The highest BCUT2D eigenvalue weighted by atomic mass is 16.1. The van der Waals surface area contributed by atoms with Crippen molar-refractivity contribution < 1.29 is 4.79 Å². The third kappa shape index (κ3) is 4.78. The second-order valence-corrected chi connectivity index (χ2v) is 3.91. The van der Waals surface area contributed by atoms with Crippen LogP contribution in [0.2, 0.25) is 0 Å². The molecule has 0 bridgehead atoms. The molecular formula is C14H19NO. The molecule has 0 aliphatic heterocycles. The molecule has 16 heavy (non-hydrogen) atoms. The van der Waals surface area contributed by atoms with E-state index in [0.717, 1.165) is 12.8 Å². The van der Waals surface area contributed by atoms with Gasteiger partial charge in [-0.25, -0.2) is 0 Å². The minimum absolute atomic E-state index is 0.113. The topological polar surface area (TPSA) is 29.1 Å². The number of carbonyl (C=O) groups excluding carboxylic acids is 1. The predicted octanol–water partition coefficient (Wildman–Crippen LogP) is 2.62. The molecule has 0 saturated carbocycles. The fourth-order valence-electron chi connectivity index (χ4n) is 1.41. The number of carbonyl (C=O) groups is 1. The molecule has 1 amide bonds. The van der Waals surface area contributed by atoms with Gasteiger partial charge >= 0.3 is 0 Å². The molecule has 1 aromatic rings. The molecule has 2 heteroatoms. The minimum Gasteiger partial charge on any atom is -0.356 e. The van der Waals surface area contributed by atoms with E-state index < -0.39 is 0 Å². The van der Waals surface area contributed by atoms with Gasteiger partial charge in [0.15, 0.2) is 0 Å². The molecule has 0 heterocycles. The Hall–Kier alpha value is -1.57. The normalized spacial score (nSPS) is 9.81. The van der Waals surface area contributed by atoms with Crippen LogP contribution in [-0.2, 0) is 11.2 Å². The van der Waals surface area contributed by atoms with E-state index >= 15 is 0 Å². The molecular weight excluding hydrogens is 198 g/mol. The van der Waals surface area contributed by atoms with Crippen LogP contribution in [0, 0.1) is 6.92 Å². The highest BCUT2D eigenvalue weighted by molar-refractivity contribution is 5.76. The Kier molecular flexibility index (Phi) is 5.34. The average Bonchev–Trinajstić information content (AvgIpc) is 2.29. The summed E-state index contributed by atoms with van der Waals surface area (Å²) in [7, 11) is 0. The maximum atomic E-state index is 11.4. The Balaban J connectivity index is 2.26. The van der Waals surface area contributed by atoms with Crippen molar-refractivity contribution in [1.29, 1.82) is 0 Å². The number of benzene rings is 1. The molecule has 2 nitrogen and oxygen atoms in total. The van der Waals surface area contributed by atoms with Crippen molar-refractivity contribution in [2.75, 3.05) is 6.54 Å². The summed E-state index contributed by atoms with van der Waals surface area (Å²) in [5.74, 6) is 0.113. The van der Waals surface area contributed by atoms with Crippen molar-refractivity contribution in [3.05, 3.63) is 48.0 Å². The molecule has 0 fully saturated rings. The van der Waals surface area contributed by atoms with Crippen molar-refractivity contribution in [1.82, 2.24) is 5.32 Å². The van der Waals surface area contributed by atoms with Gasteiger partial charge in [-0.3, -0.25) is 4.79 Å². The number of hydrogen-bond acceptors (Lipinski definition) is 1. The Bertz CT molecular complexity index is 340. The van der Waals surface area contributed by atoms with Crippen LogP contribution in [0.25, 0.3) is 0 Å². The SMILES string of the molecule is C=CCCNC(=O)CCc1ccc(C)cc1. The molecule has 0 saturated heterocycles. The van der Waals surface area contributed by atoms with Crippen LogP contribution in [0.15, 0.2) is 36.9 Å². The van der Waals surface area contributed by atoms with Gasteiger partial charge < -0.3 is 5.32 Å². The standard InChI is InChI=1S/C14H19NO/c1-3-4-11-15-14(16)10-9-13-7-5-12(2)6-8-13/h3,5-8H,1,4,9-11H2,2H3,(H,15,16). The fourth-order valence-corrected chi connectivity index (χ4v) is 1.41. The summed E-state index contributed by atoms with van der Waals surface area (Å²) >= 11 is 0. The van der Waals surface area contributed by atoms with E-state index in [1.807, 2.05) is 0 Å². The molecule has 1 rings (SSSR count). The second kappa shape index (κ2) is 6.83. The van der Waals surface area contributed by atoms with Crippen molar-refractivity contribution in [2.45, 2.75) is 26.2 Å². The zero-order valence-electron chi connectivity index (χ0n) is 9.83.